The van der Waals surface area contributed by atoms with Crippen molar-refractivity contribution in [1.29, 1.82) is 0 Å². The maximum atomic E-state index is 13.1. The summed E-state index contributed by atoms with van der Waals surface area (Å²) in [5.41, 5.74) is 6.98. The molecule has 0 spiro atoms. The van der Waals surface area contributed by atoms with Crippen LogP contribution in [0.25, 0.3) is 11.2 Å². The first kappa shape index (κ1) is 26.2. The molecule has 0 saturated carbocycles. The summed E-state index contributed by atoms with van der Waals surface area (Å²) in [6.45, 7) is 15.0. The molecule has 0 bridgehead atoms. The van der Waals surface area contributed by atoms with Crippen molar-refractivity contribution in [1.82, 2.24) is 19.5 Å². The summed E-state index contributed by atoms with van der Waals surface area (Å²) in [5.74, 6) is 0.291. The van der Waals surface area contributed by atoms with Crippen molar-refractivity contribution in [2.75, 3.05) is 25.6 Å². The first-order valence-corrected chi connectivity index (χ1v) is 15.6. The van der Waals surface area contributed by atoms with Crippen molar-refractivity contribution >= 4 is 33.1 Å². The Bertz CT molecular complexity index is 987. The second-order valence-corrected chi connectivity index (χ2v) is 15.9. The summed E-state index contributed by atoms with van der Waals surface area (Å²) in [4.78, 5) is 12.6. The zero-order valence-electron chi connectivity index (χ0n) is 20.5. The number of phosphoric acid groups is 1. The average Bonchev–Trinajstić information content (AvgIpc) is 3.30. The van der Waals surface area contributed by atoms with Gasteiger partial charge >= 0.3 is 7.82 Å². The van der Waals surface area contributed by atoms with E-state index in [1.54, 1.807) is 24.7 Å². The van der Waals surface area contributed by atoms with Crippen LogP contribution in [0, 0.1) is 0 Å². The number of imidazole rings is 1. The Morgan fingerprint density at radius 3 is 2.48 bits per heavy atom. The number of nitrogens with zero attached hydrogens (tertiary/aromatic N) is 4. The third-order valence-corrected chi connectivity index (χ3v) is 12.3. The smallest absolute Gasteiger partial charge is 0.414 e. The molecule has 1 fully saturated rings. The third-order valence-electron chi connectivity index (χ3n) is 6.13. The summed E-state index contributed by atoms with van der Waals surface area (Å²) in [5, 5.41) is 0.0301. The minimum absolute atomic E-state index is 0.0301. The Hall–Kier alpha value is -1.40. The number of phosphoric ester groups is 1. The minimum Gasteiger partial charge on any atom is -0.414 e. The van der Waals surface area contributed by atoms with Crippen molar-refractivity contribution in [3.05, 3.63) is 12.7 Å². The molecule has 0 aromatic carbocycles. The molecule has 2 aromatic heterocycles. The first-order chi connectivity index (χ1) is 15.4. The van der Waals surface area contributed by atoms with E-state index < -0.39 is 34.6 Å². The Morgan fingerprint density at radius 1 is 1.21 bits per heavy atom. The predicted molar refractivity (Wildman–Crippen MR) is 127 cm³/mol. The zero-order chi connectivity index (χ0) is 24.4. The minimum atomic E-state index is -3.76. The molecule has 11 nitrogen and oxygen atoms in total. The second-order valence-electron chi connectivity index (χ2n) is 9.45. The lowest BCUT2D eigenvalue weighted by molar-refractivity contribution is -0.0423. The van der Waals surface area contributed by atoms with E-state index in [-0.39, 0.29) is 18.3 Å². The molecule has 1 saturated heterocycles. The first-order valence-electron chi connectivity index (χ1n) is 11.2. The fourth-order valence-corrected chi connectivity index (χ4v) is 5.70. The Kier molecular flexibility index (Phi) is 7.99. The normalized spacial score (nSPS) is 22.3. The highest BCUT2D eigenvalue weighted by atomic mass is 31.2. The number of aromatic nitrogens is 4. The Labute approximate surface area is 196 Å². The molecular weight excluding hydrogens is 465 g/mol. The molecule has 2 N–H and O–H groups in total. The summed E-state index contributed by atoms with van der Waals surface area (Å²) in [7, 11) is -5.81. The predicted octanol–water partition coefficient (Wildman–Crippen LogP) is 4.28. The van der Waals surface area contributed by atoms with Gasteiger partial charge in [-0.3, -0.25) is 18.1 Å². The lowest BCUT2D eigenvalue weighted by atomic mass is 10.2. The molecule has 1 aliphatic heterocycles. The van der Waals surface area contributed by atoms with Crippen LogP contribution < -0.4 is 5.73 Å². The quantitative estimate of drug-likeness (QED) is 0.371. The number of anilines is 1. The molecule has 0 aliphatic carbocycles. The average molecular weight is 502 g/mol. The van der Waals surface area contributed by atoms with Gasteiger partial charge in [-0.2, -0.15) is 0 Å². The summed E-state index contributed by atoms with van der Waals surface area (Å²) < 4.78 is 44.3. The molecule has 186 valence electrons. The van der Waals surface area contributed by atoms with Crippen molar-refractivity contribution in [2.24, 2.45) is 0 Å². The molecule has 1 aliphatic rings. The highest BCUT2D eigenvalue weighted by molar-refractivity contribution is 7.48. The molecule has 3 heterocycles. The number of ether oxygens (including phenoxy) is 1. The molecule has 0 radical (unpaired) electrons. The van der Waals surface area contributed by atoms with Gasteiger partial charge in [0.15, 0.2) is 19.8 Å². The molecule has 3 rings (SSSR count). The number of nitrogen functional groups attached to an aromatic ring is 1. The summed E-state index contributed by atoms with van der Waals surface area (Å²) in [6, 6.07) is 0. The summed E-state index contributed by atoms with van der Waals surface area (Å²) in [6.07, 6.45) is 1.83. The van der Waals surface area contributed by atoms with E-state index in [1.165, 1.54) is 6.33 Å². The van der Waals surface area contributed by atoms with Crippen molar-refractivity contribution < 1.29 is 27.3 Å². The molecular formula is C20H36N5O6PSi. The van der Waals surface area contributed by atoms with Gasteiger partial charge in [0.05, 0.1) is 26.1 Å². The monoisotopic (exact) mass is 501 g/mol. The van der Waals surface area contributed by atoms with E-state index in [0.717, 1.165) is 0 Å². The van der Waals surface area contributed by atoms with Crippen LogP contribution >= 0.6 is 7.82 Å². The molecule has 0 unspecified atom stereocenters. The zero-order valence-corrected chi connectivity index (χ0v) is 22.4. The van der Waals surface area contributed by atoms with Gasteiger partial charge in [0, 0.05) is 6.42 Å². The van der Waals surface area contributed by atoms with Gasteiger partial charge in [-0.25, -0.2) is 19.5 Å². The Balaban J connectivity index is 1.87. The van der Waals surface area contributed by atoms with Crippen LogP contribution in [0.4, 0.5) is 5.82 Å². The van der Waals surface area contributed by atoms with Crippen molar-refractivity contribution in [3.8, 4) is 0 Å². The third kappa shape index (κ3) is 5.81. The van der Waals surface area contributed by atoms with Gasteiger partial charge < -0.3 is 14.9 Å². The largest absolute Gasteiger partial charge is 0.475 e. The number of rotatable bonds is 10. The lowest BCUT2D eigenvalue weighted by Crippen LogP contribution is -2.44. The van der Waals surface area contributed by atoms with Crippen LogP contribution in [-0.2, 0) is 27.3 Å². The summed E-state index contributed by atoms with van der Waals surface area (Å²) >= 11 is 0. The maximum Gasteiger partial charge on any atom is 0.475 e. The van der Waals surface area contributed by atoms with Crippen molar-refractivity contribution in [2.45, 2.75) is 77.6 Å². The SMILES string of the molecule is CCOP(=O)(OCC)O[C@H]1C[C@H](n2cnc3c(N)ncnc32)O[C@@H]1CO[Si](C)(C)C(C)(C)C. The van der Waals surface area contributed by atoms with Crippen LogP contribution in [0.1, 0.15) is 47.3 Å². The molecule has 33 heavy (non-hydrogen) atoms. The van der Waals surface area contributed by atoms with E-state index in [9.17, 15) is 4.57 Å². The van der Waals surface area contributed by atoms with Crippen LogP contribution in [0.15, 0.2) is 12.7 Å². The number of hydrogen-bond acceptors (Lipinski definition) is 10. The van der Waals surface area contributed by atoms with Gasteiger partial charge in [0.1, 0.15) is 30.3 Å². The maximum absolute atomic E-state index is 13.1. The van der Waals surface area contributed by atoms with Crippen LogP contribution in [0.2, 0.25) is 18.1 Å². The van der Waals surface area contributed by atoms with E-state index in [0.29, 0.717) is 30.0 Å². The van der Waals surface area contributed by atoms with E-state index in [4.69, 9.17) is 28.5 Å². The van der Waals surface area contributed by atoms with Crippen LogP contribution in [0.3, 0.4) is 0 Å². The number of nitrogens with two attached hydrogens (primary N) is 1. The van der Waals surface area contributed by atoms with Gasteiger partial charge in [-0.15, -0.1) is 0 Å². The Morgan fingerprint density at radius 2 is 1.88 bits per heavy atom. The topological polar surface area (TPSA) is 133 Å². The van der Waals surface area contributed by atoms with Crippen molar-refractivity contribution in [3.63, 3.8) is 0 Å². The van der Waals surface area contributed by atoms with Gasteiger partial charge in [-0.1, -0.05) is 20.8 Å². The molecule has 13 heteroatoms. The standard InChI is InChI=1S/C20H36N5O6PSi/c1-8-27-32(26,28-9-2)31-14-10-16(25-13-24-17-18(21)22-12-23-19(17)25)30-15(14)11-29-33(6,7)20(3,4)5/h12-16H,8-11H2,1-7H3,(H2,21,22,23)/t14-,15+,16+/m0/s1. The van der Waals surface area contributed by atoms with Gasteiger partial charge in [0.25, 0.3) is 0 Å². The van der Waals surface area contributed by atoms with E-state index in [1.807, 2.05) is 0 Å². The van der Waals surface area contributed by atoms with E-state index in [2.05, 4.69) is 48.8 Å². The molecule has 2 aromatic rings. The van der Waals surface area contributed by atoms with Crippen LogP contribution in [-0.4, -0.2) is 59.9 Å². The fraction of sp³-hybridized carbons (Fsp3) is 0.750. The second kappa shape index (κ2) is 10.1. The van der Waals surface area contributed by atoms with Gasteiger partial charge in [-0.05, 0) is 32.0 Å². The number of fused-ring (bicyclic) bond motifs is 1. The highest BCUT2D eigenvalue weighted by Gasteiger charge is 2.45. The highest BCUT2D eigenvalue weighted by Crippen LogP contribution is 2.53. The van der Waals surface area contributed by atoms with Gasteiger partial charge in [0.2, 0.25) is 0 Å². The fourth-order valence-electron chi connectivity index (χ4n) is 3.30. The molecule has 0 amide bonds. The lowest BCUT2D eigenvalue weighted by Gasteiger charge is -2.37. The number of hydrogen-bond donors (Lipinski definition) is 1. The molecule has 3 atom stereocenters. The van der Waals surface area contributed by atoms with Crippen LogP contribution in [0.5, 0.6) is 0 Å². The van der Waals surface area contributed by atoms with E-state index >= 15 is 0 Å².